The molecule has 0 saturated carbocycles. The van der Waals surface area contributed by atoms with E-state index in [1.165, 1.54) is 0 Å². The lowest BCUT2D eigenvalue weighted by Crippen LogP contribution is -2.20. The fraction of sp³-hybridized carbons (Fsp3) is 0. The zero-order chi connectivity index (χ0) is 16.7. The van der Waals surface area contributed by atoms with Crippen LogP contribution in [-0.4, -0.2) is 16.6 Å². The summed E-state index contributed by atoms with van der Waals surface area (Å²) >= 11 is 0. The highest BCUT2D eigenvalue weighted by Gasteiger charge is 2.29. The Hall–Kier alpha value is -3.47. The molecule has 0 radical (unpaired) electrons. The van der Waals surface area contributed by atoms with E-state index in [0.717, 1.165) is 0 Å². The summed E-state index contributed by atoms with van der Waals surface area (Å²) in [6, 6.07) is 15.5. The summed E-state index contributed by atoms with van der Waals surface area (Å²) in [5.74, 6) is 0.339. The van der Waals surface area contributed by atoms with Crippen molar-refractivity contribution in [3.63, 3.8) is 0 Å². The summed E-state index contributed by atoms with van der Waals surface area (Å²) in [4.78, 5) is 29.4. The molecule has 0 aliphatic heterocycles. The molecule has 1 aliphatic carbocycles. The van der Waals surface area contributed by atoms with Gasteiger partial charge in [0.25, 0.3) is 0 Å². The van der Waals surface area contributed by atoms with Crippen molar-refractivity contribution in [3.05, 3.63) is 83.0 Å². The first kappa shape index (κ1) is 14.1. The Morgan fingerprint density at radius 2 is 1.46 bits per heavy atom. The van der Waals surface area contributed by atoms with Crippen LogP contribution in [0.25, 0.3) is 0 Å². The predicted molar refractivity (Wildman–Crippen MR) is 91.7 cm³/mol. The minimum Gasteiger partial charge on any atom is -0.397 e. The van der Waals surface area contributed by atoms with Gasteiger partial charge in [-0.2, -0.15) is 0 Å². The van der Waals surface area contributed by atoms with E-state index in [0.29, 0.717) is 39.4 Å². The molecule has 5 nitrogen and oxygen atoms in total. The molecule has 24 heavy (non-hydrogen) atoms. The Morgan fingerprint density at radius 3 is 2.12 bits per heavy atom. The lowest BCUT2D eigenvalue weighted by atomic mass is 9.84. The van der Waals surface area contributed by atoms with E-state index in [9.17, 15) is 9.59 Å². The van der Waals surface area contributed by atoms with E-state index >= 15 is 0 Å². The number of rotatable bonds is 2. The molecule has 1 heterocycles. The second-order valence-corrected chi connectivity index (χ2v) is 5.57. The van der Waals surface area contributed by atoms with E-state index in [1.54, 1.807) is 60.8 Å². The maximum Gasteiger partial charge on any atom is 0.194 e. The van der Waals surface area contributed by atoms with Crippen molar-refractivity contribution in [1.82, 2.24) is 4.98 Å². The van der Waals surface area contributed by atoms with Gasteiger partial charge in [-0.05, 0) is 30.3 Å². The predicted octanol–water partition coefficient (Wildman–Crippen LogP) is 3.18. The highest BCUT2D eigenvalue weighted by atomic mass is 16.1. The molecular weight excluding hydrogens is 302 g/mol. The van der Waals surface area contributed by atoms with Gasteiger partial charge in [-0.3, -0.25) is 9.59 Å². The molecule has 0 spiro atoms. The van der Waals surface area contributed by atoms with Crippen LogP contribution in [0.3, 0.4) is 0 Å². The van der Waals surface area contributed by atoms with Gasteiger partial charge in [0.1, 0.15) is 5.82 Å². The SMILES string of the molecule is Nc1ccc(Nc2ccc3c(c2)C(=O)c2ccccc2C3=O)nc1. The number of nitrogen functional groups attached to an aromatic ring is 1. The maximum absolute atomic E-state index is 12.7. The van der Waals surface area contributed by atoms with Crippen LogP contribution >= 0.6 is 0 Å². The molecule has 0 amide bonds. The number of ketones is 2. The largest absolute Gasteiger partial charge is 0.397 e. The first-order valence-corrected chi connectivity index (χ1v) is 7.44. The third-order valence-electron chi connectivity index (χ3n) is 3.98. The van der Waals surface area contributed by atoms with E-state index in [-0.39, 0.29) is 11.6 Å². The van der Waals surface area contributed by atoms with Crippen molar-refractivity contribution in [3.8, 4) is 0 Å². The topological polar surface area (TPSA) is 85.1 Å². The van der Waals surface area contributed by atoms with E-state index in [2.05, 4.69) is 10.3 Å². The lowest BCUT2D eigenvalue weighted by molar-refractivity contribution is 0.0979. The third-order valence-corrected chi connectivity index (χ3v) is 3.98. The molecule has 116 valence electrons. The Morgan fingerprint density at radius 1 is 0.792 bits per heavy atom. The number of carbonyl (C=O) groups excluding carboxylic acids is 2. The number of hydrogen-bond donors (Lipinski definition) is 2. The Labute approximate surface area is 138 Å². The highest BCUT2D eigenvalue weighted by Crippen LogP contribution is 2.29. The van der Waals surface area contributed by atoms with Crippen LogP contribution in [0, 0.1) is 0 Å². The molecule has 0 atom stereocenters. The minimum atomic E-state index is -0.144. The molecule has 0 unspecified atom stereocenters. The molecule has 1 aromatic heterocycles. The van der Waals surface area contributed by atoms with Gasteiger partial charge >= 0.3 is 0 Å². The summed E-state index contributed by atoms with van der Waals surface area (Å²) in [6.07, 6.45) is 1.55. The smallest absolute Gasteiger partial charge is 0.194 e. The second kappa shape index (κ2) is 5.31. The van der Waals surface area contributed by atoms with Gasteiger partial charge in [0.2, 0.25) is 0 Å². The molecule has 5 heteroatoms. The number of anilines is 3. The number of aromatic nitrogens is 1. The van der Waals surface area contributed by atoms with Crippen LogP contribution in [0.1, 0.15) is 31.8 Å². The van der Waals surface area contributed by atoms with Gasteiger partial charge < -0.3 is 11.1 Å². The first-order chi connectivity index (χ1) is 11.6. The van der Waals surface area contributed by atoms with Crippen molar-refractivity contribution in [1.29, 1.82) is 0 Å². The Bertz CT molecular complexity index is 978. The van der Waals surface area contributed by atoms with Gasteiger partial charge in [-0.15, -0.1) is 0 Å². The van der Waals surface area contributed by atoms with Crippen molar-refractivity contribution in [2.45, 2.75) is 0 Å². The van der Waals surface area contributed by atoms with Gasteiger partial charge in [0.05, 0.1) is 11.9 Å². The summed E-state index contributed by atoms with van der Waals surface area (Å²) < 4.78 is 0. The summed E-state index contributed by atoms with van der Waals surface area (Å²) in [5, 5.41) is 3.11. The van der Waals surface area contributed by atoms with Crippen molar-refractivity contribution in [2.24, 2.45) is 0 Å². The van der Waals surface area contributed by atoms with Gasteiger partial charge in [-0.1, -0.05) is 24.3 Å². The fourth-order valence-electron chi connectivity index (χ4n) is 2.80. The van der Waals surface area contributed by atoms with E-state index < -0.39 is 0 Å². The molecule has 0 fully saturated rings. The molecular formula is C19H13N3O2. The number of nitrogens with one attached hydrogen (secondary N) is 1. The van der Waals surface area contributed by atoms with Gasteiger partial charge in [0.15, 0.2) is 11.6 Å². The summed E-state index contributed by atoms with van der Waals surface area (Å²) in [6.45, 7) is 0. The average molecular weight is 315 g/mol. The number of nitrogens with zero attached hydrogens (tertiary/aromatic N) is 1. The van der Waals surface area contributed by atoms with Crippen LogP contribution in [0.2, 0.25) is 0 Å². The Kier molecular flexibility index (Phi) is 3.13. The number of carbonyl (C=O) groups is 2. The van der Waals surface area contributed by atoms with Crippen molar-refractivity contribution >= 4 is 28.8 Å². The van der Waals surface area contributed by atoms with Crippen molar-refractivity contribution < 1.29 is 9.59 Å². The number of benzene rings is 2. The monoisotopic (exact) mass is 315 g/mol. The minimum absolute atomic E-state index is 0.127. The van der Waals surface area contributed by atoms with E-state index in [4.69, 9.17) is 5.73 Å². The quantitative estimate of drug-likeness (QED) is 0.593. The van der Waals surface area contributed by atoms with Crippen LogP contribution in [0.15, 0.2) is 60.8 Å². The fourth-order valence-corrected chi connectivity index (χ4v) is 2.80. The zero-order valence-electron chi connectivity index (χ0n) is 12.6. The lowest BCUT2D eigenvalue weighted by Gasteiger charge is -2.18. The number of hydrogen-bond acceptors (Lipinski definition) is 5. The molecule has 0 bridgehead atoms. The van der Waals surface area contributed by atoms with Crippen LogP contribution in [-0.2, 0) is 0 Å². The Balaban J connectivity index is 1.74. The average Bonchev–Trinajstić information content (AvgIpc) is 2.62. The molecule has 3 N–H and O–H groups in total. The standard InChI is InChI=1S/C19H13N3O2/c20-11-5-8-17(21-10-11)22-12-6-7-15-16(9-12)19(24)14-4-2-1-3-13(14)18(15)23/h1-10H,20H2,(H,21,22). The highest BCUT2D eigenvalue weighted by molar-refractivity contribution is 6.28. The molecule has 4 rings (SSSR count). The van der Waals surface area contributed by atoms with Crippen molar-refractivity contribution in [2.75, 3.05) is 11.1 Å². The molecule has 2 aromatic carbocycles. The summed E-state index contributed by atoms with van der Waals surface area (Å²) in [7, 11) is 0. The molecule has 0 saturated heterocycles. The third kappa shape index (κ3) is 2.23. The number of nitrogens with two attached hydrogens (primary N) is 1. The molecule has 1 aliphatic rings. The van der Waals surface area contributed by atoms with E-state index in [1.807, 2.05) is 0 Å². The van der Waals surface area contributed by atoms with Crippen LogP contribution in [0.4, 0.5) is 17.2 Å². The zero-order valence-corrected chi connectivity index (χ0v) is 12.6. The number of fused-ring (bicyclic) bond motifs is 2. The normalized spacial score (nSPS) is 12.5. The summed E-state index contributed by atoms with van der Waals surface area (Å²) in [5.41, 5.74) is 8.60. The first-order valence-electron chi connectivity index (χ1n) is 7.44. The number of pyridine rings is 1. The van der Waals surface area contributed by atoms with Gasteiger partial charge in [-0.25, -0.2) is 4.98 Å². The van der Waals surface area contributed by atoms with Crippen LogP contribution < -0.4 is 11.1 Å². The second-order valence-electron chi connectivity index (χ2n) is 5.57. The van der Waals surface area contributed by atoms with Gasteiger partial charge in [0, 0.05) is 27.9 Å². The molecule has 3 aromatic rings. The maximum atomic E-state index is 12.7. The van der Waals surface area contributed by atoms with Crippen LogP contribution in [0.5, 0.6) is 0 Å².